The molecular formula is C15H12FNO3S. The van der Waals surface area contributed by atoms with Crippen LogP contribution in [0.5, 0.6) is 0 Å². The standard InChI is InChI=1S/C15H12FNO3S/c16-11-7-5-10(6-8-11)9-21-15(20)17-13-4-2-1-3-12(13)14(18)19/h1-8H,9H2,(H,17,20)(H,18,19). The summed E-state index contributed by atoms with van der Waals surface area (Å²) in [5, 5.41) is 11.2. The maximum Gasteiger partial charge on any atom is 0.337 e. The Morgan fingerprint density at radius 1 is 1.10 bits per heavy atom. The van der Waals surface area contributed by atoms with Crippen LogP contribution >= 0.6 is 11.8 Å². The highest BCUT2D eigenvalue weighted by Gasteiger charge is 2.11. The first kappa shape index (κ1) is 15.1. The Morgan fingerprint density at radius 3 is 2.43 bits per heavy atom. The van der Waals surface area contributed by atoms with Gasteiger partial charge >= 0.3 is 5.97 Å². The molecule has 108 valence electrons. The third kappa shape index (κ3) is 4.32. The molecular weight excluding hydrogens is 293 g/mol. The zero-order chi connectivity index (χ0) is 15.2. The summed E-state index contributed by atoms with van der Waals surface area (Å²) >= 11 is 0.985. The van der Waals surface area contributed by atoms with Crippen molar-refractivity contribution in [2.75, 3.05) is 5.32 Å². The second-order valence-corrected chi connectivity index (χ2v) is 5.13. The van der Waals surface area contributed by atoms with Crippen LogP contribution in [0.1, 0.15) is 15.9 Å². The van der Waals surface area contributed by atoms with Gasteiger partial charge < -0.3 is 10.4 Å². The molecule has 0 aliphatic rings. The molecule has 2 aromatic rings. The molecule has 0 bridgehead atoms. The van der Waals surface area contributed by atoms with Gasteiger partial charge in [-0.2, -0.15) is 0 Å². The quantitative estimate of drug-likeness (QED) is 0.896. The van der Waals surface area contributed by atoms with Crippen LogP contribution < -0.4 is 5.32 Å². The number of aromatic carboxylic acids is 1. The second kappa shape index (κ2) is 6.90. The number of hydrogen-bond donors (Lipinski definition) is 2. The van der Waals surface area contributed by atoms with E-state index >= 15 is 0 Å². The molecule has 0 heterocycles. The van der Waals surface area contributed by atoms with Crippen molar-refractivity contribution in [3.8, 4) is 0 Å². The Labute approximate surface area is 125 Å². The first-order valence-electron chi connectivity index (χ1n) is 6.07. The van der Waals surface area contributed by atoms with E-state index in [4.69, 9.17) is 5.11 Å². The zero-order valence-corrected chi connectivity index (χ0v) is 11.7. The minimum absolute atomic E-state index is 0.0354. The number of thioether (sulfide) groups is 1. The number of nitrogens with one attached hydrogen (secondary N) is 1. The average Bonchev–Trinajstić information content (AvgIpc) is 2.47. The number of carboxylic acid groups (broad SMARTS) is 1. The molecule has 0 aromatic heterocycles. The van der Waals surface area contributed by atoms with Crippen molar-refractivity contribution in [3.63, 3.8) is 0 Å². The molecule has 2 aromatic carbocycles. The minimum atomic E-state index is -1.10. The molecule has 21 heavy (non-hydrogen) atoms. The summed E-state index contributed by atoms with van der Waals surface area (Å²) in [4.78, 5) is 22.8. The van der Waals surface area contributed by atoms with Gasteiger partial charge in [0, 0.05) is 5.75 Å². The number of hydrogen-bond acceptors (Lipinski definition) is 3. The van der Waals surface area contributed by atoms with Crippen LogP contribution in [-0.4, -0.2) is 16.3 Å². The monoisotopic (exact) mass is 305 g/mol. The largest absolute Gasteiger partial charge is 0.478 e. The average molecular weight is 305 g/mol. The SMILES string of the molecule is O=C(Nc1ccccc1C(=O)O)SCc1ccc(F)cc1. The summed E-state index contributed by atoms with van der Waals surface area (Å²) in [5.41, 5.74) is 1.10. The summed E-state index contributed by atoms with van der Waals surface area (Å²) in [6.07, 6.45) is 0. The van der Waals surface area contributed by atoms with Crippen LogP contribution in [0.25, 0.3) is 0 Å². The molecule has 0 fully saturated rings. The molecule has 0 saturated carbocycles. The summed E-state index contributed by atoms with van der Waals surface area (Å²) < 4.78 is 12.8. The number of carbonyl (C=O) groups is 2. The fourth-order valence-corrected chi connectivity index (χ4v) is 2.33. The fraction of sp³-hybridized carbons (Fsp3) is 0.0667. The van der Waals surface area contributed by atoms with Gasteiger partial charge in [0.05, 0.1) is 11.3 Å². The highest BCUT2D eigenvalue weighted by atomic mass is 32.2. The summed E-state index contributed by atoms with van der Waals surface area (Å²) in [6, 6.07) is 12.0. The molecule has 0 saturated heterocycles. The van der Waals surface area contributed by atoms with E-state index in [1.54, 1.807) is 24.3 Å². The van der Waals surface area contributed by atoms with Gasteiger partial charge in [-0.3, -0.25) is 4.79 Å². The lowest BCUT2D eigenvalue weighted by atomic mass is 10.2. The van der Waals surface area contributed by atoms with Gasteiger partial charge in [-0.15, -0.1) is 0 Å². The van der Waals surface area contributed by atoms with E-state index in [2.05, 4.69) is 5.32 Å². The Balaban J connectivity index is 1.96. The number of rotatable bonds is 4. The Morgan fingerprint density at radius 2 is 1.76 bits per heavy atom. The van der Waals surface area contributed by atoms with Crippen LogP contribution in [0.4, 0.5) is 14.9 Å². The van der Waals surface area contributed by atoms with E-state index in [9.17, 15) is 14.0 Å². The van der Waals surface area contributed by atoms with Gasteiger partial charge in [0.25, 0.3) is 5.24 Å². The van der Waals surface area contributed by atoms with Crippen LogP contribution in [0.3, 0.4) is 0 Å². The number of amides is 1. The summed E-state index contributed by atoms with van der Waals surface area (Å²) in [5.74, 6) is -1.06. The second-order valence-electron chi connectivity index (χ2n) is 4.18. The topological polar surface area (TPSA) is 66.4 Å². The molecule has 4 nitrogen and oxygen atoms in total. The first-order valence-corrected chi connectivity index (χ1v) is 7.05. The van der Waals surface area contributed by atoms with E-state index in [0.29, 0.717) is 5.75 Å². The minimum Gasteiger partial charge on any atom is -0.478 e. The van der Waals surface area contributed by atoms with Crippen molar-refractivity contribution in [1.29, 1.82) is 0 Å². The zero-order valence-electron chi connectivity index (χ0n) is 10.9. The van der Waals surface area contributed by atoms with Gasteiger partial charge in [-0.25, -0.2) is 9.18 Å². The normalized spacial score (nSPS) is 10.1. The van der Waals surface area contributed by atoms with Crippen molar-refractivity contribution >= 4 is 28.7 Å². The number of para-hydroxylation sites is 1. The molecule has 0 atom stereocenters. The maximum atomic E-state index is 12.8. The number of benzene rings is 2. The first-order chi connectivity index (χ1) is 10.1. The van der Waals surface area contributed by atoms with E-state index in [0.717, 1.165) is 17.3 Å². The lowest BCUT2D eigenvalue weighted by Gasteiger charge is -2.07. The molecule has 0 aliphatic carbocycles. The van der Waals surface area contributed by atoms with Gasteiger partial charge in [0.1, 0.15) is 5.82 Å². The van der Waals surface area contributed by atoms with Crippen molar-refractivity contribution < 1.29 is 19.1 Å². The van der Waals surface area contributed by atoms with Crippen LogP contribution in [0, 0.1) is 5.82 Å². The Bertz CT molecular complexity index is 658. The molecule has 2 N–H and O–H groups in total. The molecule has 0 radical (unpaired) electrons. The molecule has 6 heteroatoms. The van der Waals surface area contributed by atoms with Gasteiger partial charge in [-0.05, 0) is 29.8 Å². The Hall–Kier alpha value is -2.34. The highest BCUT2D eigenvalue weighted by molar-refractivity contribution is 8.13. The van der Waals surface area contributed by atoms with Crippen LogP contribution in [-0.2, 0) is 5.75 Å². The molecule has 1 amide bonds. The summed E-state index contributed by atoms with van der Waals surface area (Å²) in [6.45, 7) is 0. The van der Waals surface area contributed by atoms with Crippen LogP contribution in [0.2, 0.25) is 0 Å². The van der Waals surface area contributed by atoms with E-state index in [1.807, 2.05) is 0 Å². The predicted octanol–water partition coefficient (Wildman–Crippen LogP) is 3.99. The Kier molecular flexibility index (Phi) is 4.94. The number of carboxylic acids is 1. The third-order valence-corrected chi connectivity index (χ3v) is 3.52. The van der Waals surface area contributed by atoms with Crippen molar-refractivity contribution in [2.45, 2.75) is 5.75 Å². The predicted molar refractivity (Wildman–Crippen MR) is 80.1 cm³/mol. The van der Waals surface area contributed by atoms with Gasteiger partial charge in [-0.1, -0.05) is 36.0 Å². The van der Waals surface area contributed by atoms with Crippen molar-refractivity contribution in [1.82, 2.24) is 0 Å². The van der Waals surface area contributed by atoms with Crippen molar-refractivity contribution in [2.24, 2.45) is 0 Å². The van der Waals surface area contributed by atoms with E-state index in [-0.39, 0.29) is 22.3 Å². The number of anilines is 1. The number of carbonyl (C=O) groups excluding carboxylic acids is 1. The van der Waals surface area contributed by atoms with Gasteiger partial charge in [0.2, 0.25) is 0 Å². The molecule has 0 spiro atoms. The lowest BCUT2D eigenvalue weighted by Crippen LogP contribution is -2.10. The maximum absolute atomic E-state index is 12.8. The number of halogens is 1. The summed E-state index contributed by atoms with van der Waals surface area (Å²) in [7, 11) is 0. The molecule has 2 rings (SSSR count). The molecule has 0 aliphatic heterocycles. The van der Waals surface area contributed by atoms with Gasteiger partial charge in [0.15, 0.2) is 0 Å². The smallest absolute Gasteiger partial charge is 0.337 e. The lowest BCUT2D eigenvalue weighted by molar-refractivity contribution is 0.0698. The third-order valence-electron chi connectivity index (χ3n) is 2.68. The molecule has 0 unspecified atom stereocenters. The van der Waals surface area contributed by atoms with E-state index in [1.165, 1.54) is 24.3 Å². The fourth-order valence-electron chi connectivity index (χ4n) is 1.65. The van der Waals surface area contributed by atoms with Crippen LogP contribution in [0.15, 0.2) is 48.5 Å². The van der Waals surface area contributed by atoms with Crippen molar-refractivity contribution in [3.05, 3.63) is 65.5 Å². The highest BCUT2D eigenvalue weighted by Crippen LogP contribution is 2.19. The van der Waals surface area contributed by atoms with E-state index < -0.39 is 5.97 Å².